The van der Waals surface area contributed by atoms with Crippen molar-refractivity contribution in [3.05, 3.63) is 35.4 Å². The lowest BCUT2D eigenvalue weighted by atomic mass is 9.87. The summed E-state index contributed by atoms with van der Waals surface area (Å²) in [6.45, 7) is 6.40. The Labute approximate surface area is 113 Å². The first-order valence-electron chi connectivity index (χ1n) is 6.41. The van der Waals surface area contributed by atoms with Gasteiger partial charge < -0.3 is 5.32 Å². The van der Waals surface area contributed by atoms with Gasteiger partial charge in [-0.15, -0.1) is 0 Å². The van der Waals surface area contributed by atoms with Crippen LogP contribution < -0.4 is 5.32 Å². The molecule has 0 spiro atoms. The fraction of sp³-hybridized carbons (Fsp3) is 0.533. The summed E-state index contributed by atoms with van der Waals surface area (Å²) in [6, 6.07) is 5.59. The van der Waals surface area contributed by atoms with Gasteiger partial charge in [-0.1, -0.05) is 19.9 Å². The minimum absolute atomic E-state index is 0.0681. The Bertz CT molecular complexity index is 443. The van der Waals surface area contributed by atoms with Crippen molar-refractivity contribution < 1.29 is 8.78 Å². The van der Waals surface area contributed by atoms with E-state index >= 15 is 0 Å². The minimum Gasteiger partial charge on any atom is -0.309 e. The van der Waals surface area contributed by atoms with Crippen LogP contribution in [0, 0.1) is 28.4 Å². The molecule has 0 radical (unpaired) electrons. The summed E-state index contributed by atoms with van der Waals surface area (Å²) < 4.78 is 27.2. The molecule has 0 saturated carbocycles. The molecule has 1 atom stereocenters. The summed E-state index contributed by atoms with van der Waals surface area (Å²) >= 11 is 0. The maximum atomic E-state index is 13.6. The number of hydrogen-bond donors (Lipinski definition) is 1. The molecule has 0 fully saturated rings. The van der Waals surface area contributed by atoms with E-state index in [-0.39, 0.29) is 11.0 Å². The van der Waals surface area contributed by atoms with Crippen molar-refractivity contribution >= 4 is 0 Å². The molecule has 0 amide bonds. The number of nitriles is 1. The standard InChI is InChI=1S/C15H20F2N2/c1-11(14-12(16)6-4-7-13(14)17)19-10-15(2,3)8-5-9-18/h4,6-7,11,19H,5,8,10H2,1-3H3. The fourth-order valence-corrected chi connectivity index (χ4v) is 1.94. The molecule has 1 rings (SSSR count). The predicted octanol–water partition coefficient (Wildman–Crippen LogP) is 3.95. The van der Waals surface area contributed by atoms with Gasteiger partial charge in [-0.3, -0.25) is 0 Å². The van der Waals surface area contributed by atoms with Crippen LogP contribution in [-0.4, -0.2) is 6.54 Å². The summed E-state index contributed by atoms with van der Waals surface area (Å²) in [4.78, 5) is 0. The van der Waals surface area contributed by atoms with E-state index in [9.17, 15) is 8.78 Å². The second kappa shape index (κ2) is 6.63. The Morgan fingerprint density at radius 3 is 2.42 bits per heavy atom. The Kier molecular flexibility index (Phi) is 5.44. The van der Waals surface area contributed by atoms with Crippen molar-refractivity contribution in [2.45, 2.75) is 39.7 Å². The molecule has 1 aromatic rings. The first kappa shape index (κ1) is 15.6. The zero-order chi connectivity index (χ0) is 14.5. The summed E-state index contributed by atoms with van der Waals surface area (Å²) in [5, 5.41) is 11.7. The lowest BCUT2D eigenvalue weighted by molar-refractivity contribution is 0.301. The molecule has 0 heterocycles. The minimum atomic E-state index is -0.533. The molecule has 0 aliphatic heterocycles. The third-order valence-electron chi connectivity index (χ3n) is 3.23. The van der Waals surface area contributed by atoms with Crippen LogP contribution >= 0.6 is 0 Å². The summed E-state index contributed by atoms with van der Waals surface area (Å²) in [5.41, 5.74) is -0.00952. The van der Waals surface area contributed by atoms with Crippen LogP contribution in [0.15, 0.2) is 18.2 Å². The molecule has 0 aliphatic carbocycles. The third kappa shape index (κ3) is 4.60. The zero-order valence-corrected chi connectivity index (χ0v) is 11.6. The van der Waals surface area contributed by atoms with E-state index in [0.29, 0.717) is 13.0 Å². The maximum absolute atomic E-state index is 13.6. The molecule has 0 aromatic heterocycles. The van der Waals surface area contributed by atoms with Crippen molar-refractivity contribution in [3.8, 4) is 6.07 Å². The van der Waals surface area contributed by atoms with Crippen molar-refractivity contribution in [2.75, 3.05) is 6.54 Å². The number of benzene rings is 1. The van der Waals surface area contributed by atoms with Crippen molar-refractivity contribution in [2.24, 2.45) is 5.41 Å². The van der Waals surface area contributed by atoms with E-state index in [0.717, 1.165) is 6.42 Å². The number of hydrogen-bond acceptors (Lipinski definition) is 2. The molecule has 1 unspecified atom stereocenters. The summed E-state index contributed by atoms with van der Waals surface area (Å²) in [6.07, 6.45) is 1.24. The van der Waals surface area contributed by atoms with Gasteiger partial charge in [-0.25, -0.2) is 8.78 Å². The van der Waals surface area contributed by atoms with E-state index in [2.05, 4.69) is 11.4 Å². The van der Waals surface area contributed by atoms with Gasteiger partial charge in [0.2, 0.25) is 0 Å². The van der Waals surface area contributed by atoms with Crippen LogP contribution in [0.5, 0.6) is 0 Å². The Morgan fingerprint density at radius 2 is 1.89 bits per heavy atom. The highest BCUT2D eigenvalue weighted by Crippen LogP contribution is 2.24. The van der Waals surface area contributed by atoms with Crippen molar-refractivity contribution in [1.82, 2.24) is 5.32 Å². The highest BCUT2D eigenvalue weighted by molar-refractivity contribution is 5.22. The summed E-state index contributed by atoms with van der Waals surface area (Å²) in [7, 11) is 0. The Morgan fingerprint density at radius 1 is 1.32 bits per heavy atom. The lowest BCUT2D eigenvalue weighted by Crippen LogP contribution is -2.32. The van der Waals surface area contributed by atoms with Crippen LogP contribution in [0.2, 0.25) is 0 Å². The summed E-state index contributed by atoms with van der Waals surface area (Å²) in [5.74, 6) is -1.07. The van der Waals surface area contributed by atoms with Crippen LogP contribution in [0.1, 0.15) is 45.2 Å². The Balaban J connectivity index is 2.66. The number of halogens is 2. The van der Waals surface area contributed by atoms with Crippen molar-refractivity contribution in [1.29, 1.82) is 5.26 Å². The van der Waals surface area contributed by atoms with Gasteiger partial charge >= 0.3 is 0 Å². The van der Waals surface area contributed by atoms with Crippen LogP contribution in [0.3, 0.4) is 0 Å². The first-order chi connectivity index (χ1) is 8.87. The van der Waals surface area contributed by atoms with E-state index in [4.69, 9.17) is 5.26 Å². The van der Waals surface area contributed by atoms with Gasteiger partial charge in [-0.2, -0.15) is 5.26 Å². The molecular weight excluding hydrogens is 246 g/mol. The molecule has 1 aromatic carbocycles. The quantitative estimate of drug-likeness (QED) is 0.846. The second-order valence-corrected chi connectivity index (χ2v) is 5.56. The molecule has 19 heavy (non-hydrogen) atoms. The topological polar surface area (TPSA) is 35.8 Å². The zero-order valence-electron chi connectivity index (χ0n) is 11.6. The highest BCUT2D eigenvalue weighted by Gasteiger charge is 2.21. The molecule has 104 valence electrons. The predicted molar refractivity (Wildman–Crippen MR) is 71.4 cm³/mol. The molecule has 0 aliphatic rings. The number of rotatable bonds is 6. The Hall–Kier alpha value is -1.47. The van der Waals surface area contributed by atoms with Gasteiger partial charge in [0.15, 0.2) is 0 Å². The van der Waals surface area contributed by atoms with Gasteiger partial charge in [0, 0.05) is 24.6 Å². The van der Waals surface area contributed by atoms with Gasteiger partial charge in [-0.05, 0) is 30.9 Å². The molecule has 1 N–H and O–H groups in total. The largest absolute Gasteiger partial charge is 0.309 e. The number of nitrogens with one attached hydrogen (secondary N) is 1. The smallest absolute Gasteiger partial charge is 0.130 e. The van der Waals surface area contributed by atoms with Crippen LogP contribution in [0.25, 0.3) is 0 Å². The van der Waals surface area contributed by atoms with Crippen LogP contribution in [-0.2, 0) is 0 Å². The van der Waals surface area contributed by atoms with Crippen molar-refractivity contribution in [3.63, 3.8) is 0 Å². The fourth-order valence-electron chi connectivity index (χ4n) is 1.94. The molecule has 0 bridgehead atoms. The highest BCUT2D eigenvalue weighted by atomic mass is 19.1. The van der Waals surface area contributed by atoms with E-state index in [1.54, 1.807) is 6.92 Å². The molecule has 0 saturated heterocycles. The first-order valence-corrected chi connectivity index (χ1v) is 6.41. The monoisotopic (exact) mass is 266 g/mol. The van der Waals surface area contributed by atoms with E-state index in [1.165, 1.54) is 18.2 Å². The lowest BCUT2D eigenvalue weighted by Gasteiger charge is -2.26. The van der Waals surface area contributed by atoms with Gasteiger partial charge in [0.05, 0.1) is 6.07 Å². The second-order valence-electron chi connectivity index (χ2n) is 5.56. The average molecular weight is 266 g/mol. The van der Waals surface area contributed by atoms with Gasteiger partial charge in [0.1, 0.15) is 11.6 Å². The van der Waals surface area contributed by atoms with E-state index in [1.807, 2.05) is 13.8 Å². The van der Waals surface area contributed by atoms with Crippen LogP contribution in [0.4, 0.5) is 8.78 Å². The average Bonchev–Trinajstić information content (AvgIpc) is 2.34. The SMILES string of the molecule is CC(NCC(C)(C)CCC#N)c1c(F)cccc1F. The normalized spacial score (nSPS) is 13.1. The molecule has 4 heteroatoms. The maximum Gasteiger partial charge on any atom is 0.130 e. The third-order valence-corrected chi connectivity index (χ3v) is 3.23. The van der Waals surface area contributed by atoms with E-state index < -0.39 is 17.7 Å². The molecule has 2 nitrogen and oxygen atoms in total. The number of nitrogens with zero attached hydrogens (tertiary/aromatic N) is 1. The molecular formula is C15H20F2N2. The van der Waals surface area contributed by atoms with Gasteiger partial charge in [0.25, 0.3) is 0 Å².